The molecule has 3 aliphatic heterocycles. The Morgan fingerprint density at radius 3 is 2.52 bits per heavy atom. The van der Waals surface area contributed by atoms with Crippen molar-refractivity contribution in [1.29, 1.82) is 0 Å². The number of aromatic amines is 1. The third-order valence-electron chi connectivity index (χ3n) is 7.29. The fraction of sp³-hybridized carbons (Fsp3) is 0.600. The maximum Gasteiger partial charge on any atom is 0.405 e. The lowest BCUT2D eigenvalue weighted by molar-refractivity contribution is -0.241. The molecule has 4 rings (SSSR count). The molecule has 1 aromatic heterocycles. The van der Waals surface area contributed by atoms with Crippen LogP contribution in [0.4, 0.5) is 4.79 Å². The van der Waals surface area contributed by atoms with E-state index in [1.54, 1.807) is 0 Å². The van der Waals surface area contributed by atoms with Crippen molar-refractivity contribution in [3.05, 3.63) is 44.9 Å². The molecule has 0 radical (unpaired) electrons. The summed E-state index contributed by atoms with van der Waals surface area (Å²) >= 11 is 0. The minimum Gasteiger partial charge on any atom is -0.456 e. The van der Waals surface area contributed by atoms with Crippen molar-refractivity contribution >= 4 is 23.8 Å². The quantitative estimate of drug-likeness (QED) is 0.137. The molecule has 19 nitrogen and oxygen atoms in total. The first-order valence-corrected chi connectivity index (χ1v) is 13.6. The molecule has 0 aliphatic carbocycles. The Morgan fingerprint density at radius 2 is 1.89 bits per heavy atom. The number of rotatable bonds is 9. The van der Waals surface area contributed by atoms with E-state index in [1.807, 2.05) is 11.9 Å². The van der Waals surface area contributed by atoms with Crippen LogP contribution < -0.4 is 33.3 Å². The molecule has 9 N–H and O–H groups in total. The number of aliphatic hydroxyl groups is 2. The van der Waals surface area contributed by atoms with Gasteiger partial charge in [-0.25, -0.2) is 9.59 Å². The maximum absolute atomic E-state index is 13.0. The fourth-order valence-electron chi connectivity index (χ4n) is 5.17. The summed E-state index contributed by atoms with van der Waals surface area (Å²) in [5.74, 6) is -3.05. The molecular formula is C25H34N6O13. The third kappa shape index (κ3) is 7.08. The summed E-state index contributed by atoms with van der Waals surface area (Å²) in [4.78, 5) is 75.9. The van der Waals surface area contributed by atoms with Crippen LogP contribution in [0.15, 0.2) is 33.7 Å². The van der Waals surface area contributed by atoms with E-state index in [-0.39, 0.29) is 6.04 Å². The number of nitrogens with one attached hydrogen (secondary N) is 3. The Balaban J connectivity index is 1.57. The number of nitrogens with two attached hydrogens (primary N) is 2. The smallest absolute Gasteiger partial charge is 0.405 e. The van der Waals surface area contributed by atoms with Gasteiger partial charge in [-0.15, -0.1) is 0 Å². The lowest BCUT2D eigenvalue weighted by Crippen LogP contribution is -2.54. The number of aromatic nitrogens is 2. The van der Waals surface area contributed by atoms with Gasteiger partial charge in [-0.3, -0.25) is 28.7 Å². The Kier molecular flexibility index (Phi) is 10.0. The van der Waals surface area contributed by atoms with E-state index in [4.69, 9.17) is 35.2 Å². The molecule has 10 atom stereocenters. The van der Waals surface area contributed by atoms with Gasteiger partial charge >= 0.3 is 11.8 Å². The zero-order valence-corrected chi connectivity index (χ0v) is 23.6. The molecule has 0 aromatic carbocycles. The predicted octanol–water partition coefficient (Wildman–Crippen LogP) is -4.08. The second-order valence-electron chi connectivity index (χ2n) is 10.4. The third-order valence-corrected chi connectivity index (χ3v) is 7.29. The van der Waals surface area contributed by atoms with Gasteiger partial charge in [0.15, 0.2) is 24.2 Å². The molecule has 2 fully saturated rings. The van der Waals surface area contributed by atoms with Crippen molar-refractivity contribution < 1.29 is 53.1 Å². The number of hydrogen-bond acceptors (Lipinski definition) is 13. The standard InChI is InChI=1S/C25H34N6O13/c1-9-4-3-5-10(20(36)28-9)29-21(37)12-8-11(32)14(34)23(41-12)43-17(19(26)35)16-15(40-2)18(44-24(27)38)22(42-16)31-7-6-13(33)30-25(31)39/h6-11,14-18,22-23,32,34H,3-5H2,1-2H3,(H2,26,35)(H2,27,38)(H,28,36)(H,29,37)(H,30,33,39)/t9-,10+,11+,14+,15-,16+,17-,18-,22-,23-/m1/s1. The van der Waals surface area contributed by atoms with Crippen LogP contribution in [-0.4, -0.2) is 106 Å². The number of methoxy groups -OCH3 is 1. The number of H-pyrrole nitrogens is 1. The van der Waals surface area contributed by atoms with Gasteiger partial charge in [-0.05, 0) is 32.3 Å². The highest BCUT2D eigenvalue weighted by Crippen LogP contribution is 2.36. The van der Waals surface area contributed by atoms with E-state index >= 15 is 0 Å². The van der Waals surface area contributed by atoms with Gasteiger partial charge < -0.3 is 56.0 Å². The van der Waals surface area contributed by atoms with Crippen molar-refractivity contribution in [2.75, 3.05) is 7.11 Å². The van der Waals surface area contributed by atoms with Crippen LogP contribution in [-0.2, 0) is 38.1 Å². The lowest BCUT2D eigenvalue weighted by Gasteiger charge is -2.35. The number of amides is 4. The van der Waals surface area contributed by atoms with Crippen molar-refractivity contribution in [1.82, 2.24) is 20.2 Å². The van der Waals surface area contributed by atoms with E-state index in [0.717, 1.165) is 30.0 Å². The minimum absolute atomic E-state index is 0.0841. The maximum atomic E-state index is 13.0. The van der Waals surface area contributed by atoms with Gasteiger partial charge in [0, 0.05) is 25.4 Å². The van der Waals surface area contributed by atoms with Gasteiger partial charge in [0.05, 0.1) is 0 Å². The van der Waals surface area contributed by atoms with Crippen LogP contribution in [0, 0.1) is 0 Å². The van der Waals surface area contributed by atoms with Gasteiger partial charge in [0.2, 0.25) is 18.1 Å². The molecule has 0 bridgehead atoms. The summed E-state index contributed by atoms with van der Waals surface area (Å²) in [5, 5.41) is 26.3. The summed E-state index contributed by atoms with van der Waals surface area (Å²) in [6.45, 7) is 1.83. The number of aliphatic hydroxyl groups excluding tert-OH is 2. The highest BCUT2D eigenvalue weighted by molar-refractivity contribution is 5.95. The van der Waals surface area contributed by atoms with Gasteiger partial charge in [-0.1, -0.05) is 0 Å². The zero-order chi connectivity index (χ0) is 32.3. The monoisotopic (exact) mass is 626 g/mol. The van der Waals surface area contributed by atoms with Gasteiger partial charge in [0.1, 0.15) is 30.5 Å². The lowest BCUT2D eigenvalue weighted by atomic mass is 10.0. The number of hydrogen-bond donors (Lipinski definition) is 7. The van der Waals surface area contributed by atoms with Crippen LogP contribution in [0.2, 0.25) is 0 Å². The summed E-state index contributed by atoms with van der Waals surface area (Å²) < 4.78 is 28.3. The normalized spacial score (nSPS) is 32.8. The van der Waals surface area contributed by atoms with E-state index < -0.39 is 96.0 Å². The summed E-state index contributed by atoms with van der Waals surface area (Å²) in [6, 6.07) is -0.00244. The number of nitrogens with zero attached hydrogens (tertiary/aromatic N) is 1. The molecule has 4 heterocycles. The second kappa shape index (κ2) is 13.6. The Bertz CT molecular complexity index is 1410. The summed E-state index contributed by atoms with van der Waals surface area (Å²) in [7, 11) is 1.15. The first-order chi connectivity index (χ1) is 20.8. The molecular weight excluding hydrogens is 592 g/mol. The first kappa shape index (κ1) is 32.6. The van der Waals surface area contributed by atoms with Gasteiger partial charge in [0.25, 0.3) is 11.5 Å². The van der Waals surface area contributed by atoms with E-state index in [9.17, 15) is 39.0 Å². The molecule has 0 unspecified atom stereocenters. The average molecular weight is 627 g/mol. The molecule has 44 heavy (non-hydrogen) atoms. The molecule has 19 heteroatoms. The zero-order valence-electron chi connectivity index (χ0n) is 23.6. The van der Waals surface area contributed by atoms with Crippen LogP contribution in [0.1, 0.15) is 32.4 Å². The average Bonchev–Trinajstić information content (AvgIpc) is 3.20. The Labute approximate surface area is 248 Å². The Morgan fingerprint density at radius 1 is 1.16 bits per heavy atom. The molecule has 3 aliphatic rings. The number of carbonyl (C=O) groups is 4. The highest BCUT2D eigenvalue weighted by atomic mass is 16.7. The summed E-state index contributed by atoms with van der Waals surface area (Å²) in [5.41, 5.74) is 9.08. The first-order valence-electron chi connectivity index (χ1n) is 13.6. The van der Waals surface area contributed by atoms with Crippen molar-refractivity contribution in [2.45, 2.75) is 87.4 Å². The van der Waals surface area contributed by atoms with Crippen molar-refractivity contribution in [3.63, 3.8) is 0 Å². The largest absolute Gasteiger partial charge is 0.456 e. The SMILES string of the molecule is CO[C@H]1[C@@H](OC(N)=O)[C@H](n2ccc(=O)[nH]c2=O)O[C@@H]1[C@@H](O[C@H]1OC(C(=O)N[C@H]2CCC[C@@H](C)NC2=O)=C[C@H](O)[C@@H]1O)C(N)=O. The predicted molar refractivity (Wildman–Crippen MR) is 143 cm³/mol. The highest BCUT2D eigenvalue weighted by Gasteiger charge is 2.54. The second-order valence-corrected chi connectivity index (χ2v) is 10.4. The molecule has 4 amide bonds. The molecule has 1 aromatic rings. The molecule has 0 spiro atoms. The molecule has 2 saturated heterocycles. The number of ether oxygens (including phenoxy) is 5. The fourth-order valence-corrected chi connectivity index (χ4v) is 5.17. The molecule has 0 saturated carbocycles. The van der Waals surface area contributed by atoms with Crippen molar-refractivity contribution in [3.8, 4) is 0 Å². The van der Waals surface area contributed by atoms with E-state index in [0.29, 0.717) is 19.3 Å². The van der Waals surface area contributed by atoms with E-state index in [2.05, 4.69) is 10.6 Å². The number of carbonyl (C=O) groups excluding carboxylic acids is 4. The van der Waals surface area contributed by atoms with E-state index in [1.165, 1.54) is 0 Å². The molecule has 242 valence electrons. The summed E-state index contributed by atoms with van der Waals surface area (Å²) in [6.07, 6.45) is -11.0. The van der Waals surface area contributed by atoms with Crippen LogP contribution in [0.3, 0.4) is 0 Å². The van der Waals surface area contributed by atoms with Gasteiger partial charge in [-0.2, -0.15) is 0 Å². The minimum atomic E-state index is -1.90. The number of primary amides is 2. The van der Waals surface area contributed by atoms with Crippen LogP contribution >= 0.6 is 0 Å². The van der Waals surface area contributed by atoms with Crippen LogP contribution in [0.25, 0.3) is 0 Å². The topological polar surface area (TPSA) is 286 Å². The van der Waals surface area contributed by atoms with Crippen LogP contribution in [0.5, 0.6) is 0 Å². The Hall–Kier alpha value is -4.30. The van der Waals surface area contributed by atoms with Crippen molar-refractivity contribution in [2.24, 2.45) is 11.5 Å².